The number of thiophene rings is 1. The predicted molar refractivity (Wildman–Crippen MR) is 62.2 cm³/mol. The molecule has 0 radical (unpaired) electrons. The van der Waals surface area contributed by atoms with Crippen LogP contribution in [0.2, 0.25) is 0 Å². The van der Waals surface area contributed by atoms with Gasteiger partial charge in [0.15, 0.2) is 5.75 Å². The normalized spacial score (nSPS) is 10.5. The lowest BCUT2D eigenvalue weighted by molar-refractivity contribution is 0.412. The number of hydrogen-bond donors (Lipinski definition) is 1. The van der Waals surface area contributed by atoms with Crippen LogP contribution in [0.1, 0.15) is 0 Å². The van der Waals surface area contributed by atoms with E-state index in [9.17, 15) is 0 Å². The Morgan fingerprint density at radius 3 is 2.64 bits per heavy atom. The fourth-order valence-electron chi connectivity index (χ4n) is 1.36. The van der Waals surface area contributed by atoms with Crippen molar-refractivity contribution in [1.82, 2.24) is 0 Å². The molecule has 14 heavy (non-hydrogen) atoms. The summed E-state index contributed by atoms with van der Waals surface area (Å²) in [6.07, 6.45) is 0. The van der Waals surface area contributed by atoms with Crippen molar-refractivity contribution in [2.24, 2.45) is 0 Å². The van der Waals surface area contributed by atoms with Crippen molar-refractivity contribution in [2.75, 3.05) is 14.2 Å². The highest BCUT2D eigenvalue weighted by Crippen LogP contribution is 2.41. The van der Waals surface area contributed by atoms with E-state index in [-0.39, 0.29) is 0 Å². The van der Waals surface area contributed by atoms with Gasteiger partial charge in [0.05, 0.1) is 14.2 Å². The first kappa shape index (κ1) is 9.68. The molecular formula is C10H10O2S2. The zero-order chi connectivity index (χ0) is 10.1. The van der Waals surface area contributed by atoms with Gasteiger partial charge in [0.25, 0.3) is 0 Å². The molecule has 2 rings (SSSR count). The van der Waals surface area contributed by atoms with Gasteiger partial charge in [-0.3, -0.25) is 0 Å². The SMILES string of the molecule is COc1ccc2c(OC)c(S)sc2c1. The summed E-state index contributed by atoms with van der Waals surface area (Å²) in [6, 6.07) is 5.90. The van der Waals surface area contributed by atoms with Crippen LogP contribution in [0.5, 0.6) is 11.5 Å². The van der Waals surface area contributed by atoms with Crippen molar-refractivity contribution in [3.05, 3.63) is 18.2 Å². The third-order valence-corrected chi connectivity index (χ3v) is 3.45. The van der Waals surface area contributed by atoms with Gasteiger partial charge in [-0.1, -0.05) is 0 Å². The molecule has 0 bridgehead atoms. The van der Waals surface area contributed by atoms with Gasteiger partial charge in [-0.05, 0) is 18.2 Å². The lowest BCUT2D eigenvalue weighted by Crippen LogP contribution is -1.82. The summed E-state index contributed by atoms with van der Waals surface area (Å²) in [7, 11) is 3.32. The van der Waals surface area contributed by atoms with E-state index in [1.54, 1.807) is 25.6 Å². The molecular weight excluding hydrogens is 216 g/mol. The summed E-state index contributed by atoms with van der Waals surface area (Å²) in [5.74, 6) is 1.70. The smallest absolute Gasteiger partial charge is 0.150 e. The molecule has 1 aromatic carbocycles. The van der Waals surface area contributed by atoms with Crippen molar-refractivity contribution >= 4 is 34.1 Å². The van der Waals surface area contributed by atoms with E-state index in [4.69, 9.17) is 9.47 Å². The van der Waals surface area contributed by atoms with Crippen LogP contribution < -0.4 is 9.47 Å². The van der Waals surface area contributed by atoms with Crippen LogP contribution in [0.25, 0.3) is 10.1 Å². The second-order valence-electron chi connectivity index (χ2n) is 2.80. The number of rotatable bonds is 2. The van der Waals surface area contributed by atoms with Crippen molar-refractivity contribution in [3.8, 4) is 11.5 Å². The Morgan fingerprint density at radius 1 is 1.21 bits per heavy atom. The molecule has 0 fully saturated rings. The molecule has 0 amide bonds. The molecule has 0 unspecified atom stereocenters. The molecule has 1 heterocycles. The summed E-state index contributed by atoms with van der Waals surface area (Å²) in [5.41, 5.74) is 0. The molecule has 0 spiro atoms. The second-order valence-corrected chi connectivity index (χ2v) is 4.60. The maximum absolute atomic E-state index is 5.26. The molecule has 2 nitrogen and oxygen atoms in total. The highest BCUT2D eigenvalue weighted by Gasteiger charge is 2.10. The van der Waals surface area contributed by atoms with E-state index in [0.29, 0.717) is 0 Å². The third-order valence-electron chi connectivity index (χ3n) is 2.04. The van der Waals surface area contributed by atoms with Crippen LogP contribution >= 0.6 is 24.0 Å². The van der Waals surface area contributed by atoms with Crippen molar-refractivity contribution in [3.63, 3.8) is 0 Å². The Kier molecular flexibility index (Phi) is 2.56. The van der Waals surface area contributed by atoms with E-state index < -0.39 is 0 Å². The van der Waals surface area contributed by atoms with Crippen molar-refractivity contribution < 1.29 is 9.47 Å². The minimum atomic E-state index is 0.844. The van der Waals surface area contributed by atoms with Gasteiger partial charge in [-0.2, -0.15) is 0 Å². The van der Waals surface area contributed by atoms with Gasteiger partial charge < -0.3 is 9.47 Å². The van der Waals surface area contributed by atoms with E-state index in [1.165, 1.54) is 0 Å². The first-order valence-corrected chi connectivity index (χ1v) is 5.36. The van der Waals surface area contributed by atoms with Crippen LogP contribution in [0.4, 0.5) is 0 Å². The molecule has 0 aliphatic heterocycles. The average Bonchev–Trinajstić information content (AvgIpc) is 2.51. The van der Waals surface area contributed by atoms with Gasteiger partial charge in [0, 0.05) is 10.1 Å². The maximum atomic E-state index is 5.26. The maximum Gasteiger partial charge on any atom is 0.150 e. The molecule has 74 valence electrons. The van der Waals surface area contributed by atoms with E-state index in [0.717, 1.165) is 25.8 Å². The minimum absolute atomic E-state index is 0.844. The fraction of sp³-hybridized carbons (Fsp3) is 0.200. The Labute approximate surface area is 91.9 Å². The monoisotopic (exact) mass is 226 g/mol. The highest BCUT2D eigenvalue weighted by molar-refractivity contribution is 7.83. The van der Waals surface area contributed by atoms with Gasteiger partial charge in [-0.15, -0.1) is 24.0 Å². The molecule has 0 aliphatic carbocycles. The molecule has 0 atom stereocenters. The molecule has 0 N–H and O–H groups in total. The van der Waals surface area contributed by atoms with Crippen LogP contribution in [0.15, 0.2) is 22.4 Å². The van der Waals surface area contributed by atoms with Crippen LogP contribution in [-0.2, 0) is 0 Å². The van der Waals surface area contributed by atoms with Crippen molar-refractivity contribution in [1.29, 1.82) is 0 Å². The molecule has 0 saturated heterocycles. The predicted octanol–water partition coefficient (Wildman–Crippen LogP) is 3.21. The lowest BCUT2D eigenvalue weighted by atomic mass is 10.2. The zero-order valence-corrected chi connectivity index (χ0v) is 9.61. The number of fused-ring (bicyclic) bond motifs is 1. The zero-order valence-electron chi connectivity index (χ0n) is 7.90. The molecule has 4 heteroatoms. The fourth-order valence-corrected chi connectivity index (χ4v) is 2.81. The van der Waals surface area contributed by atoms with Gasteiger partial charge in [0.1, 0.15) is 9.96 Å². The van der Waals surface area contributed by atoms with E-state index in [2.05, 4.69) is 12.6 Å². The Balaban J connectivity index is 2.68. The summed E-state index contributed by atoms with van der Waals surface area (Å²) in [4.78, 5) is 0. The first-order chi connectivity index (χ1) is 6.76. The van der Waals surface area contributed by atoms with Crippen LogP contribution in [0.3, 0.4) is 0 Å². The Hall–Kier alpha value is -0.870. The largest absolute Gasteiger partial charge is 0.497 e. The topological polar surface area (TPSA) is 18.5 Å². The third kappa shape index (κ3) is 1.44. The summed E-state index contributed by atoms with van der Waals surface area (Å²) < 4.78 is 12.4. The van der Waals surface area contributed by atoms with Gasteiger partial charge in [-0.25, -0.2) is 0 Å². The first-order valence-electron chi connectivity index (χ1n) is 4.09. The Bertz CT molecular complexity index is 462. The summed E-state index contributed by atoms with van der Waals surface area (Å²) in [6.45, 7) is 0. The minimum Gasteiger partial charge on any atom is -0.497 e. The quantitative estimate of drug-likeness (QED) is 0.793. The molecule has 1 aromatic heterocycles. The highest BCUT2D eigenvalue weighted by atomic mass is 32.2. The van der Waals surface area contributed by atoms with Gasteiger partial charge in [0.2, 0.25) is 0 Å². The van der Waals surface area contributed by atoms with Crippen molar-refractivity contribution in [2.45, 2.75) is 4.21 Å². The van der Waals surface area contributed by atoms with Crippen LogP contribution in [-0.4, -0.2) is 14.2 Å². The average molecular weight is 226 g/mol. The number of methoxy groups -OCH3 is 2. The molecule has 0 saturated carbocycles. The molecule has 0 aliphatic rings. The summed E-state index contributed by atoms with van der Waals surface area (Å²) in [5, 5.41) is 1.09. The number of ether oxygens (including phenoxy) is 2. The standard InChI is InChI=1S/C10H10O2S2/c1-11-6-3-4-7-8(5-6)14-10(13)9(7)12-2/h3-5,13H,1-2H3. The summed E-state index contributed by atoms with van der Waals surface area (Å²) >= 11 is 5.94. The number of thiol groups is 1. The number of hydrogen-bond acceptors (Lipinski definition) is 4. The lowest BCUT2D eigenvalue weighted by Gasteiger charge is -2.00. The van der Waals surface area contributed by atoms with Gasteiger partial charge >= 0.3 is 0 Å². The van der Waals surface area contributed by atoms with E-state index in [1.807, 2.05) is 18.2 Å². The van der Waals surface area contributed by atoms with E-state index >= 15 is 0 Å². The molecule has 2 aromatic rings. The van der Waals surface area contributed by atoms with Crippen LogP contribution in [0, 0.1) is 0 Å². The Morgan fingerprint density at radius 2 is 2.00 bits per heavy atom. The second kappa shape index (κ2) is 3.71. The number of benzene rings is 1.